The Labute approximate surface area is 163 Å². The Morgan fingerprint density at radius 3 is 2.71 bits per heavy atom. The predicted molar refractivity (Wildman–Crippen MR) is 96.6 cm³/mol. The third-order valence-electron chi connectivity index (χ3n) is 3.70. The Hall–Kier alpha value is -2.53. The minimum absolute atomic E-state index is 0.0170. The van der Waals surface area contributed by atoms with Gasteiger partial charge in [-0.05, 0) is 31.0 Å². The molecule has 0 aliphatic carbocycles. The van der Waals surface area contributed by atoms with E-state index in [0.29, 0.717) is 40.6 Å². The number of fused-ring (bicyclic) bond motifs is 1. The summed E-state index contributed by atoms with van der Waals surface area (Å²) in [6, 6.07) is 1.66. The summed E-state index contributed by atoms with van der Waals surface area (Å²) in [6.45, 7) is 2.23. The lowest BCUT2D eigenvalue weighted by molar-refractivity contribution is -0.174. The van der Waals surface area contributed by atoms with Gasteiger partial charge in [0.15, 0.2) is 5.82 Å². The van der Waals surface area contributed by atoms with Crippen molar-refractivity contribution >= 4 is 34.3 Å². The molecule has 0 bridgehead atoms. The Bertz CT molecular complexity index is 977. The summed E-state index contributed by atoms with van der Waals surface area (Å²) < 4.78 is 43.0. The van der Waals surface area contributed by atoms with Gasteiger partial charge in [0.25, 0.3) is 0 Å². The van der Waals surface area contributed by atoms with Gasteiger partial charge in [-0.15, -0.1) is 0 Å². The van der Waals surface area contributed by atoms with E-state index in [2.05, 4.69) is 30.4 Å². The summed E-state index contributed by atoms with van der Waals surface area (Å²) in [5.74, 6) is 1.39. The van der Waals surface area contributed by atoms with Gasteiger partial charge in [-0.3, -0.25) is 4.68 Å². The van der Waals surface area contributed by atoms with Crippen LogP contribution in [0.2, 0.25) is 5.28 Å². The largest absolute Gasteiger partial charge is 0.411 e. The van der Waals surface area contributed by atoms with Gasteiger partial charge in [-0.1, -0.05) is 6.92 Å². The third kappa shape index (κ3) is 4.84. The van der Waals surface area contributed by atoms with Crippen LogP contribution in [0, 0.1) is 6.92 Å². The monoisotopic (exact) mass is 415 g/mol. The molecular weight excluding hydrogens is 399 g/mol. The fourth-order valence-corrected chi connectivity index (χ4v) is 2.76. The molecule has 3 aromatic rings. The highest BCUT2D eigenvalue weighted by molar-refractivity contribution is 6.28. The topological polar surface area (TPSA) is 90.6 Å². The first-order valence-electron chi connectivity index (χ1n) is 8.41. The van der Waals surface area contributed by atoms with Crippen LogP contribution >= 0.6 is 11.6 Å². The molecule has 0 fully saturated rings. The van der Waals surface area contributed by atoms with Crippen LogP contribution in [0.15, 0.2) is 12.3 Å². The van der Waals surface area contributed by atoms with E-state index in [4.69, 9.17) is 16.3 Å². The van der Waals surface area contributed by atoms with E-state index in [-0.39, 0.29) is 18.4 Å². The van der Waals surface area contributed by atoms with Gasteiger partial charge in [0.2, 0.25) is 5.28 Å². The number of halogens is 4. The Morgan fingerprint density at radius 1 is 1.25 bits per heavy atom. The van der Waals surface area contributed by atoms with Crippen molar-refractivity contribution in [2.45, 2.75) is 33.0 Å². The molecule has 0 aromatic carbocycles. The van der Waals surface area contributed by atoms with Crippen LogP contribution < -0.4 is 5.32 Å². The van der Waals surface area contributed by atoms with E-state index >= 15 is 0 Å². The molecule has 3 rings (SSSR count). The summed E-state index contributed by atoms with van der Waals surface area (Å²) in [5.41, 5.74) is 1.68. The first kappa shape index (κ1) is 20.2. The normalized spacial score (nSPS) is 11.9. The van der Waals surface area contributed by atoms with Crippen molar-refractivity contribution in [2.24, 2.45) is 0 Å². The van der Waals surface area contributed by atoms with Crippen LogP contribution in [0.4, 0.5) is 24.8 Å². The fraction of sp³-hybridized carbons (Fsp3) is 0.438. The molecule has 0 saturated carbocycles. The number of hydrogen-bond donors (Lipinski definition) is 1. The first-order valence-corrected chi connectivity index (χ1v) is 8.78. The van der Waals surface area contributed by atoms with E-state index in [1.807, 2.05) is 6.92 Å². The Balaban J connectivity index is 1.94. The Kier molecular flexibility index (Phi) is 5.94. The summed E-state index contributed by atoms with van der Waals surface area (Å²) in [6.07, 6.45) is -2.23. The number of hydrogen-bond acceptors (Lipinski definition) is 7. The first-order chi connectivity index (χ1) is 13.3. The number of anilines is 2. The highest BCUT2D eigenvalue weighted by Crippen LogP contribution is 2.27. The van der Waals surface area contributed by atoms with Crippen molar-refractivity contribution in [1.29, 1.82) is 0 Å². The molecule has 28 heavy (non-hydrogen) atoms. The standard InChI is InChI=1S/C16H17ClF3N7O/c1-3-10-12-13(27(26-10)6-7-28-8-16(18,19)20)14(25-15(17)24-12)23-11-4-5-21-9(2)22-11/h4-5H,3,6-8H2,1-2H3,(H,21,22,23,24,25). The zero-order valence-electron chi connectivity index (χ0n) is 15.1. The van der Waals surface area contributed by atoms with Crippen LogP contribution in [0.25, 0.3) is 11.0 Å². The molecule has 0 saturated heterocycles. The minimum Gasteiger partial charge on any atom is -0.370 e. The number of nitrogens with zero attached hydrogens (tertiary/aromatic N) is 6. The zero-order chi connectivity index (χ0) is 20.3. The van der Waals surface area contributed by atoms with Crippen LogP contribution in [-0.2, 0) is 17.7 Å². The highest BCUT2D eigenvalue weighted by Gasteiger charge is 2.27. The number of aryl methyl sites for hydroxylation is 2. The van der Waals surface area contributed by atoms with E-state index < -0.39 is 12.8 Å². The van der Waals surface area contributed by atoms with Crippen LogP contribution in [0.3, 0.4) is 0 Å². The van der Waals surface area contributed by atoms with Gasteiger partial charge in [0.1, 0.15) is 29.3 Å². The van der Waals surface area contributed by atoms with Gasteiger partial charge in [0, 0.05) is 6.20 Å². The smallest absolute Gasteiger partial charge is 0.370 e. The molecule has 0 spiro atoms. The lowest BCUT2D eigenvalue weighted by Crippen LogP contribution is -2.19. The Morgan fingerprint density at radius 2 is 2.04 bits per heavy atom. The van der Waals surface area contributed by atoms with Gasteiger partial charge >= 0.3 is 6.18 Å². The quantitative estimate of drug-likeness (QED) is 0.466. The van der Waals surface area contributed by atoms with E-state index in [0.717, 1.165) is 0 Å². The number of alkyl halides is 3. The van der Waals surface area contributed by atoms with E-state index in [1.165, 1.54) is 4.68 Å². The minimum atomic E-state index is -4.38. The van der Waals surface area contributed by atoms with Crippen LogP contribution in [-0.4, -0.2) is 49.1 Å². The molecule has 150 valence electrons. The molecular formula is C16H17ClF3N7O. The van der Waals surface area contributed by atoms with Crippen molar-refractivity contribution in [3.05, 3.63) is 29.1 Å². The molecule has 3 heterocycles. The van der Waals surface area contributed by atoms with Crippen molar-refractivity contribution in [1.82, 2.24) is 29.7 Å². The number of aromatic nitrogens is 6. The average Bonchev–Trinajstić information content (AvgIpc) is 2.95. The van der Waals surface area contributed by atoms with Gasteiger partial charge in [0.05, 0.1) is 18.8 Å². The molecule has 0 radical (unpaired) electrons. The number of nitrogens with one attached hydrogen (secondary N) is 1. The summed E-state index contributed by atoms with van der Waals surface area (Å²) in [4.78, 5) is 16.7. The fourth-order valence-electron chi connectivity index (χ4n) is 2.59. The maximum Gasteiger partial charge on any atom is 0.411 e. The summed E-state index contributed by atoms with van der Waals surface area (Å²) in [5, 5.41) is 7.49. The molecule has 8 nitrogen and oxygen atoms in total. The molecule has 0 atom stereocenters. The number of rotatable bonds is 7. The molecule has 1 N–H and O–H groups in total. The maximum absolute atomic E-state index is 12.3. The van der Waals surface area contributed by atoms with Crippen molar-refractivity contribution in [3.63, 3.8) is 0 Å². The maximum atomic E-state index is 12.3. The summed E-state index contributed by atoms with van der Waals surface area (Å²) >= 11 is 6.05. The molecule has 12 heteroatoms. The summed E-state index contributed by atoms with van der Waals surface area (Å²) in [7, 11) is 0. The second-order valence-corrected chi connectivity index (χ2v) is 6.18. The van der Waals surface area contributed by atoms with Crippen molar-refractivity contribution in [3.8, 4) is 0 Å². The molecule has 0 unspecified atom stereocenters. The third-order valence-corrected chi connectivity index (χ3v) is 3.87. The SMILES string of the molecule is CCc1nn(CCOCC(F)(F)F)c2c(Nc3ccnc(C)n3)nc(Cl)nc12. The van der Waals surface area contributed by atoms with E-state index in [9.17, 15) is 13.2 Å². The lowest BCUT2D eigenvalue weighted by atomic mass is 10.3. The van der Waals surface area contributed by atoms with Crippen LogP contribution in [0.5, 0.6) is 0 Å². The molecule has 0 aliphatic rings. The predicted octanol–water partition coefficient (Wildman–Crippen LogP) is 3.46. The molecule has 0 aliphatic heterocycles. The van der Waals surface area contributed by atoms with E-state index in [1.54, 1.807) is 19.2 Å². The lowest BCUT2D eigenvalue weighted by Gasteiger charge is -2.11. The second-order valence-electron chi connectivity index (χ2n) is 5.84. The van der Waals surface area contributed by atoms with Gasteiger partial charge in [-0.25, -0.2) is 15.0 Å². The van der Waals surface area contributed by atoms with Gasteiger partial charge in [-0.2, -0.15) is 23.3 Å². The van der Waals surface area contributed by atoms with Gasteiger partial charge < -0.3 is 10.1 Å². The van der Waals surface area contributed by atoms with Crippen LogP contribution in [0.1, 0.15) is 18.4 Å². The second kappa shape index (κ2) is 8.23. The number of ether oxygens (including phenoxy) is 1. The highest BCUT2D eigenvalue weighted by atomic mass is 35.5. The molecule has 0 amide bonds. The van der Waals surface area contributed by atoms with Crippen molar-refractivity contribution < 1.29 is 17.9 Å². The van der Waals surface area contributed by atoms with Crippen molar-refractivity contribution in [2.75, 3.05) is 18.5 Å². The molecule has 3 aromatic heterocycles. The average molecular weight is 416 g/mol. The zero-order valence-corrected chi connectivity index (χ0v) is 15.8.